The minimum absolute atomic E-state index is 0. The molecule has 4 nitrogen and oxygen atoms in total. The zero-order valence-corrected chi connectivity index (χ0v) is 16.9. The quantitative estimate of drug-likeness (QED) is 0.378. The molecule has 0 saturated heterocycles. The third kappa shape index (κ3) is 7.29. The number of rotatable bonds is 7. The lowest BCUT2D eigenvalue weighted by atomic mass is 10.1. The van der Waals surface area contributed by atoms with Gasteiger partial charge in [-0.05, 0) is 42.7 Å². The molecule has 0 aromatic heterocycles. The molecule has 2 aromatic carbocycles. The van der Waals surface area contributed by atoms with Gasteiger partial charge in [-0.15, -0.1) is 24.0 Å². The number of nitrogens with one attached hydrogen (secondary N) is 2. The third-order valence-corrected chi connectivity index (χ3v) is 3.54. The van der Waals surface area contributed by atoms with E-state index in [0.29, 0.717) is 37.6 Å². The van der Waals surface area contributed by atoms with Gasteiger partial charge in [0, 0.05) is 20.1 Å². The number of benzene rings is 2. The highest BCUT2D eigenvalue weighted by Gasteiger charge is 2.02. The van der Waals surface area contributed by atoms with Crippen LogP contribution >= 0.6 is 24.0 Å². The largest absolute Gasteiger partial charge is 0.494 e. The summed E-state index contributed by atoms with van der Waals surface area (Å²) in [6.07, 6.45) is 0.604. The minimum atomic E-state index is -0.171. The Labute approximate surface area is 165 Å². The summed E-state index contributed by atoms with van der Waals surface area (Å²) in [5.74, 6) is 1.38. The molecular formula is C19H25FIN3O. The van der Waals surface area contributed by atoms with Crippen LogP contribution in [0.5, 0.6) is 5.75 Å². The Bertz CT molecular complexity index is 679. The van der Waals surface area contributed by atoms with Gasteiger partial charge in [0.1, 0.15) is 11.6 Å². The number of hydrogen-bond acceptors (Lipinski definition) is 2. The van der Waals surface area contributed by atoms with Gasteiger partial charge in [0.05, 0.1) is 6.61 Å². The maximum Gasteiger partial charge on any atom is 0.191 e. The zero-order chi connectivity index (χ0) is 17.2. The summed E-state index contributed by atoms with van der Waals surface area (Å²) in [4.78, 5) is 4.18. The number of halogens is 2. The van der Waals surface area contributed by atoms with Crippen LogP contribution in [0.4, 0.5) is 4.39 Å². The SMILES string of the molecule is CCOc1cccc(CNC(=NC)NCCc2ccccc2F)c1.I. The minimum Gasteiger partial charge on any atom is -0.494 e. The van der Waals surface area contributed by atoms with Gasteiger partial charge in [-0.25, -0.2) is 4.39 Å². The van der Waals surface area contributed by atoms with Gasteiger partial charge >= 0.3 is 0 Å². The van der Waals surface area contributed by atoms with Gasteiger partial charge in [-0.2, -0.15) is 0 Å². The van der Waals surface area contributed by atoms with Crippen LogP contribution in [0.15, 0.2) is 53.5 Å². The molecule has 0 bridgehead atoms. The van der Waals surface area contributed by atoms with Crippen molar-refractivity contribution in [3.63, 3.8) is 0 Å². The van der Waals surface area contributed by atoms with Crippen LogP contribution in [0.1, 0.15) is 18.1 Å². The van der Waals surface area contributed by atoms with Crippen molar-refractivity contribution in [2.24, 2.45) is 4.99 Å². The predicted molar refractivity (Wildman–Crippen MR) is 111 cm³/mol. The first-order chi connectivity index (χ1) is 11.7. The zero-order valence-electron chi connectivity index (χ0n) is 14.6. The molecular weight excluding hydrogens is 432 g/mol. The summed E-state index contributed by atoms with van der Waals surface area (Å²) in [7, 11) is 1.72. The molecule has 0 aliphatic rings. The second-order valence-corrected chi connectivity index (χ2v) is 5.27. The van der Waals surface area contributed by atoms with Crippen molar-refractivity contribution in [1.29, 1.82) is 0 Å². The Morgan fingerprint density at radius 2 is 1.92 bits per heavy atom. The van der Waals surface area contributed by atoms with E-state index in [1.807, 2.05) is 37.3 Å². The van der Waals surface area contributed by atoms with Crippen LogP contribution in [-0.2, 0) is 13.0 Å². The summed E-state index contributed by atoms with van der Waals surface area (Å²) in [5, 5.41) is 6.44. The standard InChI is InChI=1S/C19H24FN3O.HI/c1-3-24-17-9-6-7-15(13-17)14-23-19(21-2)22-12-11-16-8-4-5-10-18(16)20;/h4-10,13H,3,11-12,14H2,1-2H3,(H2,21,22,23);1H. The number of ether oxygens (including phenoxy) is 1. The summed E-state index contributed by atoms with van der Waals surface area (Å²) in [6.45, 7) is 3.86. The van der Waals surface area contributed by atoms with Crippen LogP contribution < -0.4 is 15.4 Å². The van der Waals surface area contributed by atoms with E-state index in [9.17, 15) is 4.39 Å². The fourth-order valence-electron chi connectivity index (χ4n) is 2.34. The van der Waals surface area contributed by atoms with Crippen molar-refractivity contribution in [2.45, 2.75) is 19.9 Å². The Morgan fingerprint density at radius 1 is 1.12 bits per heavy atom. The molecule has 0 amide bonds. The van der Waals surface area contributed by atoms with Crippen molar-refractivity contribution in [3.05, 3.63) is 65.5 Å². The van der Waals surface area contributed by atoms with Crippen molar-refractivity contribution >= 4 is 29.9 Å². The van der Waals surface area contributed by atoms with E-state index in [0.717, 1.165) is 11.3 Å². The summed E-state index contributed by atoms with van der Waals surface area (Å²) in [5.41, 5.74) is 1.81. The molecule has 2 rings (SSSR count). The summed E-state index contributed by atoms with van der Waals surface area (Å²) in [6, 6.07) is 14.8. The maximum atomic E-state index is 13.6. The Balaban J connectivity index is 0.00000312. The molecule has 25 heavy (non-hydrogen) atoms. The van der Waals surface area contributed by atoms with Crippen molar-refractivity contribution in [3.8, 4) is 5.75 Å². The monoisotopic (exact) mass is 457 g/mol. The fraction of sp³-hybridized carbons (Fsp3) is 0.316. The average Bonchev–Trinajstić information content (AvgIpc) is 2.60. The van der Waals surface area contributed by atoms with Gasteiger partial charge in [0.2, 0.25) is 0 Å². The highest BCUT2D eigenvalue weighted by molar-refractivity contribution is 14.0. The maximum absolute atomic E-state index is 13.6. The average molecular weight is 457 g/mol. The molecule has 0 saturated carbocycles. The lowest BCUT2D eigenvalue weighted by Gasteiger charge is -2.13. The smallest absolute Gasteiger partial charge is 0.191 e. The first-order valence-corrected chi connectivity index (χ1v) is 8.12. The highest BCUT2D eigenvalue weighted by atomic mass is 127. The van der Waals surface area contributed by atoms with Gasteiger partial charge in [-0.3, -0.25) is 4.99 Å². The van der Waals surface area contributed by atoms with E-state index >= 15 is 0 Å². The van der Waals surface area contributed by atoms with Gasteiger partial charge in [-0.1, -0.05) is 30.3 Å². The molecule has 0 aliphatic carbocycles. The van der Waals surface area contributed by atoms with Gasteiger partial charge in [0.15, 0.2) is 5.96 Å². The number of aliphatic imine (C=N–C) groups is 1. The molecule has 0 spiro atoms. The number of nitrogens with zero attached hydrogens (tertiary/aromatic N) is 1. The highest BCUT2D eigenvalue weighted by Crippen LogP contribution is 2.13. The van der Waals surface area contributed by atoms with E-state index in [2.05, 4.69) is 15.6 Å². The molecule has 136 valence electrons. The van der Waals surface area contributed by atoms with Crippen LogP contribution in [0.3, 0.4) is 0 Å². The van der Waals surface area contributed by atoms with E-state index in [1.165, 1.54) is 6.07 Å². The Kier molecular flexibility index (Phi) is 9.91. The topological polar surface area (TPSA) is 45.6 Å². The molecule has 2 aromatic rings. The number of hydrogen-bond donors (Lipinski definition) is 2. The second-order valence-electron chi connectivity index (χ2n) is 5.27. The van der Waals surface area contributed by atoms with Gasteiger partial charge < -0.3 is 15.4 Å². The lowest BCUT2D eigenvalue weighted by Crippen LogP contribution is -2.37. The Hall–Kier alpha value is -1.83. The molecule has 0 fully saturated rings. The Morgan fingerprint density at radius 3 is 2.64 bits per heavy atom. The molecule has 0 radical (unpaired) electrons. The van der Waals surface area contributed by atoms with E-state index in [-0.39, 0.29) is 29.8 Å². The first kappa shape index (κ1) is 21.2. The van der Waals surface area contributed by atoms with Crippen molar-refractivity contribution in [2.75, 3.05) is 20.2 Å². The van der Waals surface area contributed by atoms with Crippen molar-refractivity contribution in [1.82, 2.24) is 10.6 Å². The normalized spacial score (nSPS) is 10.8. The molecule has 0 atom stereocenters. The van der Waals surface area contributed by atoms with Crippen LogP contribution in [-0.4, -0.2) is 26.2 Å². The first-order valence-electron chi connectivity index (χ1n) is 8.12. The van der Waals surface area contributed by atoms with Crippen LogP contribution in [0.25, 0.3) is 0 Å². The number of guanidine groups is 1. The molecule has 6 heteroatoms. The molecule has 2 N–H and O–H groups in total. The second kappa shape index (κ2) is 11.7. The van der Waals surface area contributed by atoms with E-state index < -0.39 is 0 Å². The third-order valence-electron chi connectivity index (χ3n) is 3.54. The lowest BCUT2D eigenvalue weighted by molar-refractivity contribution is 0.340. The van der Waals surface area contributed by atoms with Gasteiger partial charge in [0.25, 0.3) is 0 Å². The predicted octanol–water partition coefficient (Wildman–Crippen LogP) is 3.75. The van der Waals surface area contributed by atoms with E-state index in [1.54, 1.807) is 19.2 Å². The molecule has 0 aliphatic heterocycles. The van der Waals surface area contributed by atoms with E-state index in [4.69, 9.17) is 4.74 Å². The molecule has 0 unspecified atom stereocenters. The summed E-state index contributed by atoms with van der Waals surface area (Å²) < 4.78 is 19.1. The van der Waals surface area contributed by atoms with Crippen LogP contribution in [0.2, 0.25) is 0 Å². The fourth-order valence-corrected chi connectivity index (χ4v) is 2.34. The molecule has 0 heterocycles. The van der Waals surface area contributed by atoms with Crippen LogP contribution in [0, 0.1) is 5.82 Å². The summed E-state index contributed by atoms with van der Waals surface area (Å²) >= 11 is 0. The van der Waals surface area contributed by atoms with Crippen molar-refractivity contribution < 1.29 is 9.13 Å².